The summed E-state index contributed by atoms with van der Waals surface area (Å²) in [6.45, 7) is 2.30. The lowest BCUT2D eigenvalue weighted by Gasteiger charge is -2.29. The van der Waals surface area contributed by atoms with Crippen molar-refractivity contribution in [2.45, 2.75) is 37.1 Å². The summed E-state index contributed by atoms with van der Waals surface area (Å²) in [4.78, 5) is 14.7. The lowest BCUT2D eigenvalue weighted by Crippen LogP contribution is -2.35. The average molecular weight is 532 g/mol. The third-order valence-corrected chi connectivity index (χ3v) is 8.95. The zero-order chi connectivity index (χ0) is 26.9. The van der Waals surface area contributed by atoms with Crippen molar-refractivity contribution in [1.29, 1.82) is 0 Å². The summed E-state index contributed by atoms with van der Waals surface area (Å²) in [7, 11) is -3.93. The number of hydroxylamine groups is 1. The molecule has 0 spiro atoms. The largest absolute Gasteiger partial charge is 0.508 e. The third kappa shape index (κ3) is 5.08. The molecule has 9 heteroatoms. The standard InChI is InChI=1S/C29H29N3O5S/c1-19-5-9-25-22(18-30-27(25)15-19)13-14-32(38(36,37)24-4-2-3-23(33)17-24)28-11-8-21-16-20(6-10-26(21)28)7-12-29(34)31-35/h2-7,9-10,12,15-18,28,30,33,35H,8,11,13-14H2,1H3,(H,31,34)/b12-7+. The number of amides is 1. The number of aromatic hydroxyl groups is 1. The van der Waals surface area contributed by atoms with Gasteiger partial charge >= 0.3 is 0 Å². The maximum Gasteiger partial charge on any atom is 0.267 e. The number of aryl methyl sites for hydroxylation is 2. The van der Waals surface area contributed by atoms with Gasteiger partial charge in [-0.05, 0) is 84.3 Å². The van der Waals surface area contributed by atoms with E-state index in [1.54, 1.807) is 15.9 Å². The minimum Gasteiger partial charge on any atom is -0.508 e. The Hall–Kier alpha value is -3.92. The maximum atomic E-state index is 14.0. The number of nitrogens with zero attached hydrogens (tertiary/aromatic N) is 1. The van der Waals surface area contributed by atoms with Gasteiger partial charge in [-0.1, -0.05) is 36.4 Å². The first-order valence-electron chi connectivity index (χ1n) is 12.4. The van der Waals surface area contributed by atoms with Gasteiger partial charge in [0.15, 0.2) is 0 Å². The maximum absolute atomic E-state index is 14.0. The molecule has 1 heterocycles. The first-order valence-corrected chi connectivity index (χ1v) is 13.8. The van der Waals surface area contributed by atoms with Gasteiger partial charge in [0.1, 0.15) is 5.75 Å². The van der Waals surface area contributed by atoms with E-state index < -0.39 is 15.9 Å². The van der Waals surface area contributed by atoms with Crippen LogP contribution >= 0.6 is 0 Å². The normalized spacial score (nSPS) is 15.4. The molecule has 1 unspecified atom stereocenters. The number of carbonyl (C=O) groups excluding carboxylic acids is 1. The molecule has 1 amide bonds. The highest BCUT2D eigenvalue weighted by atomic mass is 32.2. The van der Waals surface area contributed by atoms with Crippen LogP contribution < -0.4 is 5.48 Å². The quantitative estimate of drug-likeness (QED) is 0.150. The van der Waals surface area contributed by atoms with Crippen LogP contribution in [0.25, 0.3) is 17.0 Å². The van der Waals surface area contributed by atoms with Crippen molar-refractivity contribution in [2.75, 3.05) is 6.54 Å². The zero-order valence-corrected chi connectivity index (χ0v) is 21.7. The number of fused-ring (bicyclic) bond motifs is 2. The van der Waals surface area contributed by atoms with E-state index in [0.29, 0.717) is 19.3 Å². The summed E-state index contributed by atoms with van der Waals surface area (Å²) < 4.78 is 29.5. The molecule has 5 rings (SSSR count). The fourth-order valence-electron chi connectivity index (χ4n) is 5.19. The van der Waals surface area contributed by atoms with Gasteiger partial charge in [0.05, 0.1) is 10.9 Å². The third-order valence-electron chi connectivity index (χ3n) is 7.05. The Morgan fingerprint density at radius 1 is 1.16 bits per heavy atom. The van der Waals surface area contributed by atoms with Crippen LogP contribution in [0.3, 0.4) is 0 Å². The van der Waals surface area contributed by atoms with Gasteiger partial charge in [0.2, 0.25) is 10.0 Å². The first kappa shape index (κ1) is 25.7. The minimum absolute atomic E-state index is 0.0510. The fourth-order valence-corrected chi connectivity index (χ4v) is 6.86. The van der Waals surface area contributed by atoms with E-state index in [1.807, 2.05) is 37.4 Å². The second-order valence-corrected chi connectivity index (χ2v) is 11.4. The number of benzene rings is 3. The van der Waals surface area contributed by atoms with Crippen LogP contribution in [0.2, 0.25) is 0 Å². The Morgan fingerprint density at radius 2 is 2.00 bits per heavy atom. The predicted octanol–water partition coefficient (Wildman–Crippen LogP) is 4.62. The number of rotatable bonds is 8. The van der Waals surface area contributed by atoms with Crippen molar-refractivity contribution in [1.82, 2.24) is 14.8 Å². The number of carbonyl (C=O) groups is 1. The van der Waals surface area contributed by atoms with E-state index in [2.05, 4.69) is 17.1 Å². The minimum atomic E-state index is -3.93. The highest BCUT2D eigenvalue weighted by Crippen LogP contribution is 2.40. The van der Waals surface area contributed by atoms with Crippen LogP contribution in [0.5, 0.6) is 5.75 Å². The lowest BCUT2D eigenvalue weighted by atomic mass is 10.0. The number of phenols is 1. The summed E-state index contributed by atoms with van der Waals surface area (Å²) in [6.07, 6.45) is 6.59. The number of sulfonamides is 1. The summed E-state index contributed by atoms with van der Waals surface area (Å²) in [6, 6.07) is 17.3. The number of hydrogen-bond donors (Lipinski definition) is 4. The molecule has 4 aromatic rings. The topological polar surface area (TPSA) is 123 Å². The van der Waals surface area contributed by atoms with Gasteiger partial charge < -0.3 is 10.1 Å². The molecule has 1 aliphatic rings. The molecular weight excluding hydrogens is 502 g/mol. The summed E-state index contributed by atoms with van der Waals surface area (Å²) >= 11 is 0. The second kappa shape index (κ2) is 10.4. The summed E-state index contributed by atoms with van der Waals surface area (Å²) in [5, 5.41) is 19.8. The van der Waals surface area contributed by atoms with Crippen molar-refractivity contribution < 1.29 is 23.5 Å². The Kier molecular flexibility index (Phi) is 7.07. The molecule has 8 nitrogen and oxygen atoms in total. The molecule has 0 fully saturated rings. The van der Waals surface area contributed by atoms with Crippen LogP contribution in [-0.2, 0) is 27.7 Å². The van der Waals surface area contributed by atoms with E-state index in [4.69, 9.17) is 5.21 Å². The molecule has 0 radical (unpaired) electrons. The monoisotopic (exact) mass is 531 g/mol. The van der Waals surface area contributed by atoms with Crippen LogP contribution in [0, 0.1) is 6.92 Å². The van der Waals surface area contributed by atoms with Crippen LogP contribution in [0.1, 0.15) is 40.3 Å². The van der Waals surface area contributed by atoms with E-state index in [-0.39, 0.29) is 23.2 Å². The first-order chi connectivity index (χ1) is 18.3. The highest BCUT2D eigenvalue weighted by molar-refractivity contribution is 7.89. The molecule has 3 aromatic carbocycles. The van der Waals surface area contributed by atoms with Gasteiger partial charge in [-0.3, -0.25) is 10.0 Å². The smallest absolute Gasteiger partial charge is 0.267 e. The summed E-state index contributed by atoms with van der Waals surface area (Å²) in [5.74, 6) is -0.729. The Labute approximate surface area is 221 Å². The number of phenolic OH excluding ortho intramolecular Hbond substituents is 1. The SMILES string of the molecule is Cc1ccc2c(CCN(C3CCc4cc(/C=C/C(=O)NO)ccc43)S(=O)(=O)c3cccc(O)c3)c[nH]c2c1. The van der Waals surface area contributed by atoms with Gasteiger partial charge in [0.25, 0.3) is 5.91 Å². The fraction of sp³-hybridized carbons (Fsp3) is 0.207. The van der Waals surface area contributed by atoms with Gasteiger partial charge in [-0.25, -0.2) is 13.9 Å². The molecule has 38 heavy (non-hydrogen) atoms. The van der Waals surface area contributed by atoms with Crippen LogP contribution in [0.4, 0.5) is 0 Å². The molecular formula is C29H29N3O5S. The van der Waals surface area contributed by atoms with Gasteiger partial charge in [-0.15, -0.1) is 0 Å². The zero-order valence-electron chi connectivity index (χ0n) is 20.9. The number of aromatic nitrogens is 1. The van der Waals surface area contributed by atoms with Crippen molar-refractivity contribution in [2.24, 2.45) is 0 Å². The van der Waals surface area contributed by atoms with E-state index in [0.717, 1.165) is 38.7 Å². The average Bonchev–Trinajstić information content (AvgIpc) is 3.50. The van der Waals surface area contributed by atoms with Gasteiger partial charge in [0, 0.05) is 29.7 Å². The number of aromatic amines is 1. The van der Waals surface area contributed by atoms with Crippen LogP contribution in [-0.4, -0.2) is 40.5 Å². The summed E-state index contributed by atoms with van der Waals surface area (Å²) in [5.41, 5.74) is 7.49. The molecule has 0 bridgehead atoms. The molecule has 196 valence electrons. The molecule has 1 aromatic heterocycles. The molecule has 1 aliphatic carbocycles. The number of hydrogen-bond acceptors (Lipinski definition) is 5. The van der Waals surface area contributed by atoms with Crippen LogP contribution in [0.15, 0.2) is 77.8 Å². The van der Waals surface area contributed by atoms with E-state index >= 15 is 0 Å². The van der Waals surface area contributed by atoms with E-state index in [9.17, 15) is 18.3 Å². The molecule has 0 aliphatic heterocycles. The van der Waals surface area contributed by atoms with Crippen molar-refractivity contribution >= 4 is 32.9 Å². The molecule has 0 saturated heterocycles. The van der Waals surface area contributed by atoms with Crippen molar-refractivity contribution in [3.05, 3.63) is 101 Å². The predicted molar refractivity (Wildman–Crippen MR) is 145 cm³/mol. The molecule has 1 atom stereocenters. The van der Waals surface area contributed by atoms with Crippen molar-refractivity contribution in [3.63, 3.8) is 0 Å². The Balaban J connectivity index is 1.49. The second-order valence-electron chi connectivity index (χ2n) is 9.55. The highest BCUT2D eigenvalue weighted by Gasteiger charge is 2.36. The molecule has 0 saturated carbocycles. The van der Waals surface area contributed by atoms with Gasteiger partial charge in [-0.2, -0.15) is 4.31 Å². The Morgan fingerprint density at radius 3 is 2.79 bits per heavy atom. The van der Waals surface area contributed by atoms with E-state index in [1.165, 1.54) is 30.3 Å². The van der Waals surface area contributed by atoms with Crippen molar-refractivity contribution in [3.8, 4) is 5.75 Å². The Bertz CT molecular complexity index is 1640. The number of H-pyrrole nitrogens is 1. The number of nitrogens with one attached hydrogen (secondary N) is 2. The molecule has 4 N–H and O–H groups in total. The lowest BCUT2D eigenvalue weighted by molar-refractivity contribution is -0.124.